The lowest BCUT2D eigenvalue weighted by molar-refractivity contribution is 0.0146. The molecule has 6 heteroatoms. The molecular formula is C21H24F2N2O2. The van der Waals surface area contributed by atoms with Crippen LogP contribution in [0.3, 0.4) is 0 Å². The van der Waals surface area contributed by atoms with Crippen LogP contribution in [-0.4, -0.2) is 29.2 Å². The first-order valence-electron chi connectivity index (χ1n) is 8.98. The van der Waals surface area contributed by atoms with Gasteiger partial charge in [0.1, 0.15) is 17.2 Å². The minimum absolute atomic E-state index is 0.00946. The molecule has 0 aliphatic carbocycles. The van der Waals surface area contributed by atoms with E-state index in [4.69, 9.17) is 4.74 Å². The summed E-state index contributed by atoms with van der Waals surface area (Å²) >= 11 is 0. The van der Waals surface area contributed by atoms with Crippen LogP contribution in [0.15, 0.2) is 42.5 Å². The number of hydrogen-bond acceptors (Lipinski definition) is 3. The number of nitrogens with one attached hydrogen (secondary N) is 1. The van der Waals surface area contributed by atoms with Gasteiger partial charge in [-0.1, -0.05) is 24.3 Å². The first kappa shape index (κ1) is 19.1. The molecule has 0 saturated heterocycles. The van der Waals surface area contributed by atoms with Crippen LogP contribution >= 0.6 is 0 Å². The highest BCUT2D eigenvalue weighted by Gasteiger charge is 2.31. The monoisotopic (exact) mass is 374 g/mol. The smallest absolute Gasteiger partial charge is 0.410 e. The first-order valence-corrected chi connectivity index (χ1v) is 8.98. The molecule has 0 bridgehead atoms. The van der Waals surface area contributed by atoms with Crippen molar-refractivity contribution < 1.29 is 18.3 Å². The van der Waals surface area contributed by atoms with Gasteiger partial charge in [-0.15, -0.1) is 0 Å². The summed E-state index contributed by atoms with van der Waals surface area (Å²) in [5.74, 6) is -1.32. The molecule has 27 heavy (non-hydrogen) atoms. The highest BCUT2D eigenvalue weighted by atomic mass is 19.1. The van der Waals surface area contributed by atoms with E-state index in [1.807, 2.05) is 24.3 Å². The summed E-state index contributed by atoms with van der Waals surface area (Å²) in [6.07, 6.45) is 0.114. The molecular weight excluding hydrogens is 350 g/mol. The Balaban J connectivity index is 1.87. The maximum Gasteiger partial charge on any atom is 0.410 e. The highest BCUT2D eigenvalue weighted by molar-refractivity contribution is 5.69. The third-order valence-corrected chi connectivity index (χ3v) is 4.43. The molecule has 144 valence electrons. The van der Waals surface area contributed by atoms with Gasteiger partial charge in [0, 0.05) is 23.9 Å². The average Bonchev–Trinajstić information content (AvgIpc) is 2.59. The largest absolute Gasteiger partial charge is 0.444 e. The number of hydrogen-bond donors (Lipinski definition) is 1. The average molecular weight is 374 g/mol. The zero-order chi connectivity index (χ0) is 19.6. The Bertz CT molecular complexity index is 833. The van der Waals surface area contributed by atoms with Gasteiger partial charge in [0.2, 0.25) is 0 Å². The molecule has 0 spiro atoms. The van der Waals surface area contributed by atoms with E-state index >= 15 is 0 Å². The fraction of sp³-hybridized carbons (Fsp3) is 0.381. The molecule has 0 fully saturated rings. The molecule has 4 nitrogen and oxygen atoms in total. The second kappa shape index (κ2) is 7.55. The van der Waals surface area contributed by atoms with Crippen LogP contribution in [0.5, 0.6) is 0 Å². The first-order chi connectivity index (χ1) is 12.7. The van der Waals surface area contributed by atoms with E-state index in [-0.39, 0.29) is 18.2 Å². The Labute approximate surface area is 158 Å². The highest BCUT2D eigenvalue weighted by Crippen LogP contribution is 2.26. The van der Waals surface area contributed by atoms with Gasteiger partial charge >= 0.3 is 6.09 Å². The minimum atomic E-state index is -0.673. The summed E-state index contributed by atoms with van der Waals surface area (Å²) in [7, 11) is 0. The minimum Gasteiger partial charge on any atom is -0.444 e. The summed E-state index contributed by atoms with van der Waals surface area (Å²) in [4.78, 5) is 14.4. The molecule has 0 aromatic heterocycles. The second-order valence-corrected chi connectivity index (χ2v) is 7.74. The van der Waals surface area contributed by atoms with Crippen molar-refractivity contribution >= 4 is 11.8 Å². The molecule has 1 atom stereocenters. The van der Waals surface area contributed by atoms with Gasteiger partial charge < -0.3 is 10.1 Å². The lowest BCUT2D eigenvalue weighted by Crippen LogP contribution is -2.48. The van der Waals surface area contributed by atoms with Crippen LogP contribution in [0.2, 0.25) is 0 Å². The molecule has 1 aliphatic heterocycles. The Hall–Kier alpha value is -2.63. The molecule has 1 amide bonds. The standard InChI is InChI=1S/C21H24F2N2O2/c1-21(2,3)27-20(26)25(13-15-8-9-16(22)11-18(15)23)17-10-14-6-4-5-7-19(14)24-12-17/h4-9,11,17,24H,10,12-13H2,1-3H3. The number of para-hydroxylation sites is 1. The van der Waals surface area contributed by atoms with Crippen molar-refractivity contribution in [1.29, 1.82) is 0 Å². The Morgan fingerprint density at radius 2 is 1.96 bits per heavy atom. The Morgan fingerprint density at radius 1 is 1.22 bits per heavy atom. The summed E-state index contributed by atoms with van der Waals surface area (Å²) in [6.45, 7) is 5.90. The van der Waals surface area contributed by atoms with E-state index < -0.39 is 23.3 Å². The van der Waals surface area contributed by atoms with E-state index in [2.05, 4.69) is 5.32 Å². The third kappa shape index (κ3) is 4.76. The number of carbonyl (C=O) groups is 1. The van der Waals surface area contributed by atoms with Crippen LogP contribution in [0.4, 0.5) is 19.3 Å². The van der Waals surface area contributed by atoms with Gasteiger partial charge in [-0.25, -0.2) is 13.6 Å². The summed E-state index contributed by atoms with van der Waals surface area (Å²) in [5.41, 5.74) is 1.70. The molecule has 3 rings (SSSR count). The maximum absolute atomic E-state index is 14.2. The molecule has 1 N–H and O–H groups in total. The predicted molar refractivity (Wildman–Crippen MR) is 101 cm³/mol. The number of amides is 1. The van der Waals surface area contributed by atoms with Gasteiger partial charge in [-0.05, 0) is 44.9 Å². The van der Waals surface area contributed by atoms with Crippen LogP contribution in [0, 0.1) is 11.6 Å². The number of ether oxygens (including phenoxy) is 1. The van der Waals surface area contributed by atoms with Crippen molar-refractivity contribution in [3.05, 3.63) is 65.2 Å². The number of benzene rings is 2. The number of anilines is 1. The van der Waals surface area contributed by atoms with Crippen LogP contribution in [-0.2, 0) is 17.7 Å². The third-order valence-electron chi connectivity index (χ3n) is 4.43. The normalized spacial score (nSPS) is 16.3. The van der Waals surface area contributed by atoms with Gasteiger partial charge in [-0.2, -0.15) is 0 Å². The molecule has 0 saturated carbocycles. The van der Waals surface area contributed by atoms with E-state index in [0.717, 1.165) is 17.3 Å². The van der Waals surface area contributed by atoms with Crippen molar-refractivity contribution in [3.8, 4) is 0 Å². The van der Waals surface area contributed by atoms with E-state index in [0.29, 0.717) is 13.0 Å². The van der Waals surface area contributed by atoms with E-state index in [9.17, 15) is 13.6 Å². The second-order valence-electron chi connectivity index (χ2n) is 7.74. The zero-order valence-electron chi connectivity index (χ0n) is 15.8. The number of fused-ring (bicyclic) bond motifs is 1. The van der Waals surface area contributed by atoms with Gasteiger partial charge in [-0.3, -0.25) is 4.90 Å². The van der Waals surface area contributed by atoms with Crippen molar-refractivity contribution in [1.82, 2.24) is 4.90 Å². The Kier molecular flexibility index (Phi) is 5.35. The number of nitrogens with zero attached hydrogens (tertiary/aromatic N) is 1. The van der Waals surface area contributed by atoms with Crippen molar-refractivity contribution in [3.63, 3.8) is 0 Å². The fourth-order valence-corrected chi connectivity index (χ4v) is 3.14. The maximum atomic E-state index is 14.2. The van der Waals surface area contributed by atoms with E-state index in [1.165, 1.54) is 17.0 Å². The van der Waals surface area contributed by atoms with Crippen molar-refractivity contribution in [2.75, 3.05) is 11.9 Å². The van der Waals surface area contributed by atoms with E-state index in [1.54, 1.807) is 20.8 Å². The number of halogens is 2. The van der Waals surface area contributed by atoms with Gasteiger partial charge in [0.05, 0.1) is 12.6 Å². The predicted octanol–water partition coefficient (Wildman–Crippen LogP) is 4.74. The lowest BCUT2D eigenvalue weighted by atomic mass is 9.98. The molecule has 2 aromatic rings. The summed E-state index contributed by atoms with van der Waals surface area (Å²) < 4.78 is 33.0. The molecule has 1 aliphatic rings. The Morgan fingerprint density at radius 3 is 2.67 bits per heavy atom. The van der Waals surface area contributed by atoms with Gasteiger partial charge in [0.15, 0.2) is 0 Å². The summed E-state index contributed by atoms with van der Waals surface area (Å²) in [6, 6.07) is 11.1. The van der Waals surface area contributed by atoms with Crippen LogP contribution in [0.1, 0.15) is 31.9 Å². The zero-order valence-corrected chi connectivity index (χ0v) is 15.8. The SMILES string of the molecule is CC(C)(C)OC(=O)N(Cc1ccc(F)cc1F)C1CNc2ccccc2C1. The van der Waals surface area contributed by atoms with Crippen LogP contribution < -0.4 is 5.32 Å². The van der Waals surface area contributed by atoms with Crippen molar-refractivity contribution in [2.24, 2.45) is 0 Å². The topological polar surface area (TPSA) is 41.6 Å². The van der Waals surface area contributed by atoms with Crippen LogP contribution in [0.25, 0.3) is 0 Å². The number of carbonyl (C=O) groups excluding carboxylic acids is 1. The fourth-order valence-electron chi connectivity index (χ4n) is 3.14. The summed E-state index contributed by atoms with van der Waals surface area (Å²) in [5, 5.41) is 3.32. The molecule has 1 unspecified atom stereocenters. The quantitative estimate of drug-likeness (QED) is 0.844. The lowest BCUT2D eigenvalue weighted by Gasteiger charge is -2.36. The number of rotatable bonds is 3. The molecule has 2 aromatic carbocycles. The molecule has 1 heterocycles. The molecule has 0 radical (unpaired) electrons. The van der Waals surface area contributed by atoms with Gasteiger partial charge in [0.25, 0.3) is 0 Å². The van der Waals surface area contributed by atoms with Crippen molar-refractivity contribution in [2.45, 2.75) is 45.4 Å².